The molecule has 0 bridgehead atoms. The third-order valence-electron chi connectivity index (χ3n) is 2.34. The Kier molecular flexibility index (Phi) is 3.78. The van der Waals surface area contributed by atoms with Crippen molar-refractivity contribution >= 4 is 23.3 Å². The molecule has 0 atom stereocenters. The molecule has 0 fully saturated rings. The lowest BCUT2D eigenvalue weighted by molar-refractivity contribution is 0.308. The fourth-order valence-electron chi connectivity index (χ4n) is 1.42. The first kappa shape index (κ1) is 12.4. The first-order valence-electron chi connectivity index (χ1n) is 5.24. The summed E-state index contributed by atoms with van der Waals surface area (Å²) in [5.41, 5.74) is 7.07. The van der Waals surface area contributed by atoms with Crippen molar-refractivity contribution < 1.29 is 4.63 Å². The molecule has 0 radical (unpaired) electrons. The Morgan fingerprint density at radius 2 is 2.11 bits per heavy atom. The summed E-state index contributed by atoms with van der Waals surface area (Å²) in [5, 5.41) is 11.0. The van der Waals surface area contributed by atoms with Gasteiger partial charge in [0.2, 0.25) is 0 Å². The number of anilines is 1. The van der Waals surface area contributed by atoms with Gasteiger partial charge in [0.1, 0.15) is 0 Å². The van der Waals surface area contributed by atoms with E-state index in [1.54, 1.807) is 7.05 Å². The second-order valence-corrected chi connectivity index (χ2v) is 3.99. The average Bonchev–Trinajstić information content (AvgIpc) is 2.79. The van der Waals surface area contributed by atoms with Crippen LogP contribution in [-0.2, 0) is 6.54 Å². The molecule has 6 nitrogen and oxygen atoms in total. The molecule has 0 saturated heterocycles. The topological polar surface area (TPSA) is 89.3 Å². The Labute approximate surface area is 109 Å². The second-order valence-electron chi connectivity index (χ2n) is 3.55. The van der Waals surface area contributed by atoms with Crippen LogP contribution in [0.4, 0.5) is 5.82 Å². The van der Waals surface area contributed by atoms with Gasteiger partial charge in [0.05, 0.1) is 0 Å². The molecular weight excluding hydrogens is 254 g/mol. The summed E-state index contributed by atoms with van der Waals surface area (Å²) < 4.78 is 4.53. The summed E-state index contributed by atoms with van der Waals surface area (Å²) in [5.74, 6) is 0.739. The predicted molar refractivity (Wildman–Crippen MR) is 69.5 cm³/mol. The van der Waals surface area contributed by atoms with E-state index in [1.807, 2.05) is 24.3 Å². The summed E-state index contributed by atoms with van der Waals surface area (Å²) in [4.78, 5) is 4.06. The van der Waals surface area contributed by atoms with Crippen molar-refractivity contribution in [1.82, 2.24) is 15.6 Å². The fourth-order valence-corrected chi connectivity index (χ4v) is 1.54. The summed E-state index contributed by atoms with van der Waals surface area (Å²) in [6, 6.07) is 7.50. The van der Waals surface area contributed by atoms with Crippen LogP contribution in [0.5, 0.6) is 0 Å². The third-order valence-corrected chi connectivity index (χ3v) is 2.59. The Morgan fingerprint density at radius 3 is 2.67 bits per heavy atom. The summed E-state index contributed by atoms with van der Waals surface area (Å²) >= 11 is 5.81. The van der Waals surface area contributed by atoms with Crippen LogP contribution in [0.15, 0.2) is 33.9 Å². The molecular formula is C11H12ClN5O. The predicted octanol–water partition coefficient (Wildman–Crippen LogP) is 1.47. The van der Waals surface area contributed by atoms with Crippen LogP contribution in [0.3, 0.4) is 0 Å². The Balaban J connectivity index is 2.05. The van der Waals surface area contributed by atoms with Crippen molar-refractivity contribution in [2.75, 3.05) is 12.8 Å². The normalized spacial score (nSPS) is 11.6. The van der Waals surface area contributed by atoms with Gasteiger partial charge in [0.15, 0.2) is 17.3 Å². The molecule has 0 unspecified atom stereocenters. The SMILES string of the molecule is C/N=C(\NCc1ccc(Cl)cc1)c1nonc1N. The Hall–Kier alpha value is -2.08. The van der Waals surface area contributed by atoms with E-state index in [-0.39, 0.29) is 5.82 Å². The molecule has 0 saturated carbocycles. The fraction of sp³-hybridized carbons (Fsp3) is 0.182. The van der Waals surface area contributed by atoms with Gasteiger partial charge in [0, 0.05) is 18.6 Å². The highest BCUT2D eigenvalue weighted by Gasteiger charge is 2.12. The highest BCUT2D eigenvalue weighted by molar-refractivity contribution is 6.30. The Bertz CT molecular complexity index is 549. The number of halogens is 1. The maximum Gasteiger partial charge on any atom is 0.199 e. The number of amidine groups is 1. The summed E-state index contributed by atoms with van der Waals surface area (Å²) in [7, 11) is 1.64. The lowest BCUT2D eigenvalue weighted by Gasteiger charge is -2.07. The molecule has 7 heteroatoms. The highest BCUT2D eigenvalue weighted by Crippen LogP contribution is 2.10. The van der Waals surface area contributed by atoms with E-state index in [9.17, 15) is 0 Å². The first-order valence-corrected chi connectivity index (χ1v) is 5.62. The van der Waals surface area contributed by atoms with E-state index in [4.69, 9.17) is 17.3 Å². The van der Waals surface area contributed by atoms with Gasteiger partial charge in [-0.25, -0.2) is 4.63 Å². The highest BCUT2D eigenvalue weighted by atomic mass is 35.5. The molecule has 3 N–H and O–H groups in total. The van der Waals surface area contributed by atoms with E-state index in [0.717, 1.165) is 5.56 Å². The van der Waals surface area contributed by atoms with Gasteiger partial charge in [-0.1, -0.05) is 23.7 Å². The van der Waals surface area contributed by atoms with Crippen LogP contribution in [0.1, 0.15) is 11.3 Å². The number of aromatic nitrogens is 2. The van der Waals surface area contributed by atoms with Crippen LogP contribution >= 0.6 is 11.6 Å². The number of nitrogen functional groups attached to an aromatic ring is 1. The van der Waals surface area contributed by atoms with Crippen LogP contribution < -0.4 is 11.1 Å². The second kappa shape index (κ2) is 5.50. The molecule has 2 aromatic rings. The number of hydrogen-bond acceptors (Lipinski definition) is 5. The average molecular weight is 266 g/mol. The molecule has 2 rings (SSSR count). The lowest BCUT2D eigenvalue weighted by Crippen LogP contribution is -2.25. The molecule has 94 valence electrons. The number of rotatable bonds is 3. The van der Waals surface area contributed by atoms with Gasteiger partial charge in [-0.15, -0.1) is 0 Å². The number of benzene rings is 1. The first-order chi connectivity index (χ1) is 8.70. The smallest absolute Gasteiger partial charge is 0.199 e. The number of aliphatic imine (C=N–C) groups is 1. The molecule has 1 aromatic carbocycles. The van der Waals surface area contributed by atoms with Crippen LogP contribution in [0.2, 0.25) is 5.02 Å². The van der Waals surface area contributed by atoms with Crippen molar-refractivity contribution in [2.45, 2.75) is 6.54 Å². The standard InChI is InChI=1S/C11H12ClN5O/c1-14-11(9-10(13)17-18-16-9)15-6-7-2-4-8(12)5-3-7/h2-5H,6H2,1H3,(H2,13,17)(H,14,15). The van der Waals surface area contributed by atoms with Gasteiger partial charge in [-0.05, 0) is 28.0 Å². The van der Waals surface area contributed by atoms with E-state index in [2.05, 4.69) is 25.3 Å². The number of nitrogens with zero attached hydrogens (tertiary/aromatic N) is 3. The molecule has 0 spiro atoms. The zero-order chi connectivity index (χ0) is 13.0. The number of hydrogen-bond donors (Lipinski definition) is 2. The maximum atomic E-state index is 5.81. The van der Waals surface area contributed by atoms with Crippen LogP contribution in [0.25, 0.3) is 0 Å². The molecule has 1 heterocycles. The maximum absolute atomic E-state index is 5.81. The largest absolute Gasteiger partial charge is 0.379 e. The monoisotopic (exact) mass is 265 g/mol. The van der Waals surface area contributed by atoms with Gasteiger partial charge >= 0.3 is 0 Å². The minimum Gasteiger partial charge on any atom is -0.379 e. The molecule has 0 aliphatic rings. The molecule has 0 aliphatic heterocycles. The van der Waals surface area contributed by atoms with Crippen LogP contribution in [-0.4, -0.2) is 23.2 Å². The molecule has 0 aliphatic carbocycles. The molecule has 0 amide bonds. The van der Waals surface area contributed by atoms with E-state index in [0.29, 0.717) is 23.1 Å². The zero-order valence-electron chi connectivity index (χ0n) is 9.72. The number of nitrogens with one attached hydrogen (secondary N) is 1. The molecule has 18 heavy (non-hydrogen) atoms. The van der Waals surface area contributed by atoms with Crippen molar-refractivity contribution in [3.8, 4) is 0 Å². The van der Waals surface area contributed by atoms with Crippen molar-refractivity contribution in [3.63, 3.8) is 0 Å². The van der Waals surface area contributed by atoms with E-state index in [1.165, 1.54) is 0 Å². The summed E-state index contributed by atoms with van der Waals surface area (Å²) in [6.45, 7) is 0.580. The third kappa shape index (κ3) is 2.78. The summed E-state index contributed by atoms with van der Waals surface area (Å²) in [6.07, 6.45) is 0. The quantitative estimate of drug-likeness (QED) is 0.648. The van der Waals surface area contributed by atoms with Crippen LogP contribution in [0, 0.1) is 0 Å². The van der Waals surface area contributed by atoms with Crippen molar-refractivity contribution in [1.29, 1.82) is 0 Å². The van der Waals surface area contributed by atoms with Gasteiger partial charge < -0.3 is 11.1 Å². The van der Waals surface area contributed by atoms with Gasteiger partial charge in [-0.2, -0.15) is 0 Å². The number of nitrogens with two attached hydrogens (primary N) is 1. The minimum atomic E-state index is 0.208. The minimum absolute atomic E-state index is 0.208. The van der Waals surface area contributed by atoms with Gasteiger partial charge in [-0.3, -0.25) is 4.99 Å². The Morgan fingerprint density at radius 1 is 1.39 bits per heavy atom. The van der Waals surface area contributed by atoms with Gasteiger partial charge in [0.25, 0.3) is 0 Å². The lowest BCUT2D eigenvalue weighted by atomic mass is 10.2. The molecule has 1 aromatic heterocycles. The van der Waals surface area contributed by atoms with E-state index < -0.39 is 0 Å². The van der Waals surface area contributed by atoms with Crippen molar-refractivity contribution in [2.24, 2.45) is 4.99 Å². The zero-order valence-corrected chi connectivity index (χ0v) is 10.5. The van der Waals surface area contributed by atoms with Crippen molar-refractivity contribution in [3.05, 3.63) is 40.5 Å². The van der Waals surface area contributed by atoms with E-state index >= 15 is 0 Å².